The molecule has 0 radical (unpaired) electrons. The van der Waals surface area contributed by atoms with Crippen LogP contribution in [0.3, 0.4) is 0 Å². The van der Waals surface area contributed by atoms with Crippen LogP contribution in [0.1, 0.15) is 89.2 Å². The summed E-state index contributed by atoms with van der Waals surface area (Å²) in [5.41, 5.74) is 4.03. The summed E-state index contributed by atoms with van der Waals surface area (Å²) in [6.45, 7) is 4.39. The van der Waals surface area contributed by atoms with Crippen LogP contribution in [0.4, 0.5) is 0 Å². The Morgan fingerprint density at radius 3 is 1.25 bits per heavy atom. The van der Waals surface area contributed by atoms with Crippen LogP contribution in [0.25, 0.3) is 12.2 Å². The van der Waals surface area contributed by atoms with E-state index < -0.39 is 0 Å². The zero-order valence-corrected chi connectivity index (χ0v) is 20.0. The Hall–Kier alpha value is -2.74. The van der Waals surface area contributed by atoms with E-state index in [1.165, 1.54) is 38.5 Å². The molecule has 0 atom stereocenters. The summed E-state index contributed by atoms with van der Waals surface area (Å²) in [6.07, 6.45) is 17.4. The molecule has 2 rings (SSSR count). The number of allylic oxidation sites excluding steroid dienone is 2. The van der Waals surface area contributed by atoms with Crippen molar-refractivity contribution in [1.82, 2.24) is 0 Å². The Kier molecular flexibility index (Phi) is 16.2. The van der Waals surface area contributed by atoms with Gasteiger partial charge in [-0.2, -0.15) is 0 Å². The van der Waals surface area contributed by atoms with E-state index in [2.05, 4.69) is 13.8 Å². The van der Waals surface area contributed by atoms with Crippen molar-refractivity contribution in [3.05, 3.63) is 82.9 Å². The second-order valence-corrected chi connectivity index (χ2v) is 8.12. The maximum atomic E-state index is 10.9. The molecule has 0 aliphatic heterocycles. The highest BCUT2D eigenvalue weighted by Gasteiger charge is 1.97. The van der Waals surface area contributed by atoms with Gasteiger partial charge in [0.05, 0.1) is 0 Å². The molecule has 0 aliphatic rings. The zero-order chi connectivity index (χ0) is 23.3. The number of hydrogen-bond acceptors (Lipinski definition) is 2. The monoisotopic (exact) mass is 432 g/mol. The van der Waals surface area contributed by atoms with Crippen molar-refractivity contribution in [2.24, 2.45) is 0 Å². The second kappa shape index (κ2) is 19.0. The van der Waals surface area contributed by atoms with Gasteiger partial charge in [0.1, 0.15) is 12.6 Å². The maximum Gasteiger partial charge on any atom is 0.146 e. The van der Waals surface area contributed by atoms with Crippen LogP contribution >= 0.6 is 0 Å². The van der Waals surface area contributed by atoms with Gasteiger partial charge >= 0.3 is 0 Å². The molecule has 2 heteroatoms. The second-order valence-electron chi connectivity index (χ2n) is 8.12. The predicted octanol–water partition coefficient (Wildman–Crippen LogP) is 8.48. The van der Waals surface area contributed by atoms with Crippen molar-refractivity contribution in [3.8, 4) is 0 Å². The van der Waals surface area contributed by atoms with Crippen LogP contribution in [-0.2, 0) is 9.59 Å². The van der Waals surface area contributed by atoms with E-state index >= 15 is 0 Å². The van der Waals surface area contributed by atoms with Crippen LogP contribution in [0.2, 0.25) is 0 Å². The summed E-state index contributed by atoms with van der Waals surface area (Å²) in [5.74, 6) is 0. The Balaban J connectivity index is 0.000000320. The minimum atomic E-state index is 0.901. The highest BCUT2D eigenvalue weighted by Crippen LogP contribution is 2.13. The average molecular weight is 433 g/mol. The standard InChI is InChI=1S/2C15H20O/c2*1-2-3-4-6-11-15(13-16)12-14-9-7-5-8-10-14/h2*5,7-10,12-13H,2-4,6,11H2,1H3. The van der Waals surface area contributed by atoms with E-state index in [0.29, 0.717) is 0 Å². The number of benzene rings is 2. The molecule has 0 amide bonds. The fourth-order valence-corrected chi connectivity index (χ4v) is 3.37. The Morgan fingerprint density at radius 1 is 0.562 bits per heavy atom. The SMILES string of the molecule is CCCCCCC(C=O)=Cc1ccccc1.CCCCCCC(C=O)=Cc1ccccc1. The summed E-state index contributed by atoms with van der Waals surface area (Å²) >= 11 is 0. The van der Waals surface area contributed by atoms with Gasteiger partial charge < -0.3 is 0 Å². The summed E-state index contributed by atoms with van der Waals surface area (Å²) < 4.78 is 0. The molecule has 0 aliphatic carbocycles. The van der Waals surface area contributed by atoms with Crippen molar-refractivity contribution in [1.29, 1.82) is 0 Å². The number of hydrogen-bond donors (Lipinski definition) is 0. The fraction of sp³-hybridized carbons (Fsp3) is 0.400. The molecule has 0 N–H and O–H groups in total. The van der Waals surface area contributed by atoms with E-state index in [-0.39, 0.29) is 0 Å². The van der Waals surface area contributed by atoms with Crippen molar-refractivity contribution in [3.63, 3.8) is 0 Å². The van der Waals surface area contributed by atoms with Crippen molar-refractivity contribution in [2.45, 2.75) is 78.1 Å². The molecular formula is C30H40O2. The number of aldehydes is 2. The predicted molar refractivity (Wildman–Crippen MR) is 138 cm³/mol. The largest absolute Gasteiger partial charge is 0.298 e. The molecule has 0 fully saturated rings. The van der Waals surface area contributed by atoms with Gasteiger partial charge in [-0.15, -0.1) is 0 Å². The van der Waals surface area contributed by atoms with E-state index in [4.69, 9.17) is 0 Å². The molecule has 0 saturated heterocycles. The van der Waals surface area contributed by atoms with Gasteiger partial charge in [-0.25, -0.2) is 0 Å². The highest BCUT2D eigenvalue weighted by atomic mass is 16.1. The smallest absolute Gasteiger partial charge is 0.146 e. The summed E-state index contributed by atoms with van der Waals surface area (Å²) in [7, 11) is 0. The Morgan fingerprint density at radius 2 is 0.938 bits per heavy atom. The quantitative estimate of drug-likeness (QED) is 0.170. The zero-order valence-electron chi connectivity index (χ0n) is 20.0. The molecule has 0 unspecified atom stereocenters. The molecule has 0 saturated carbocycles. The summed E-state index contributed by atoms with van der Waals surface area (Å²) in [4.78, 5) is 21.8. The molecule has 0 heterocycles. The third kappa shape index (κ3) is 13.5. The first-order valence-electron chi connectivity index (χ1n) is 12.1. The van der Waals surface area contributed by atoms with Crippen LogP contribution < -0.4 is 0 Å². The van der Waals surface area contributed by atoms with Crippen LogP contribution in [0.15, 0.2) is 71.8 Å². The number of carbonyl (C=O) groups is 2. The van der Waals surface area contributed by atoms with Crippen LogP contribution in [0, 0.1) is 0 Å². The fourth-order valence-electron chi connectivity index (χ4n) is 3.37. The van der Waals surface area contributed by atoms with Gasteiger partial charge in [-0.05, 0) is 60.1 Å². The van der Waals surface area contributed by atoms with Gasteiger partial charge in [0.2, 0.25) is 0 Å². The molecule has 2 nitrogen and oxygen atoms in total. The van der Waals surface area contributed by atoms with Crippen LogP contribution in [0.5, 0.6) is 0 Å². The summed E-state index contributed by atoms with van der Waals surface area (Å²) in [6, 6.07) is 20.0. The lowest BCUT2D eigenvalue weighted by molar-refractivity contribution is -0.105. The Labute approximate surface area is 195 Å². The first-order valence-corrected chi connectivity index (χ1v) is 12.1. The van der Waals surface area contributed by atoms with E-state index in [1.807, 2.05) is 72.8 Å². The third-order valence-corrected chi connectivity index (χ3v) is 5.24. The van der Waals surface area contributed by atoms with Crippen molar-refractivity contribution >= 4 is 24.7 Å². The molecule has 32 heavy (non-hydrogen) atoms. The van der Waals surface area contributed by atoms with E-state index in [9.17, 15) is 9.59 Å². The molecule has 0 bridgehead atoms. The van der Waals surface area contributed by atoms with Crippen LogP contribution in [-0.4, -0.2) is 12.6 Å². The molecule has 2 aromatic rings. The minimum absolute atomic E-state index is 0.901. The lowest BCUT2D eigenvalue weighted by Gasteiger charge is -2.00. The molecule has 172 valence electrons. The minimum Gasteiger partial charge on any atom is -0.298 e. The van der Waals surface area contributed by atoms with Gasteiger partial charge in [0, 0.05) is 0 Å². The van der Waals surface area contributed by atoms with Crippen molar-refractivity contribution < 1.29 is 9.59 Å². The molecule has 0 aromatic heterocycles. The first-order chi connectivity index (χ1) is 15.7. The lowest BCUT2D eigenvalue weighted by atomic mass is 10.0. The Bertz CT molecular complexity index is 719. The lowest BCUT2D eigenvalue weighted by Crippen LogP contribution is -1.86. The third-order valence-electron chi connectivity index (χ3n) is 5.24. The topological polar surface area (TPSA) is 34.1 Å². The number of carbonyl (C=O) groups excluding carboxylic acids is 2. The van der Waals surface area contributed by atoms with E-state index in [1.54, 1.807) is 0 Å². The normalized spacial score (nSPS) is 11.4. The number of rotatable bonds is 14. The van der Waals surface area contributed by atoms with Gasteiger partial charge in [0.15, 0.2) is 0 Å². The van der Waals surface area contributed by atoms with Gasteiger partial charge in [-0.3, -0.25) is 9.59 Å². The maximum absolute atomic E-state index is 10.9. The van der Waals surface area contributed by atoms with Gasteiger partial charge in [-0.1, -0.05) is 113 Å². The summed E-state index contributed by atoms with van der Waals surface area (Å²) in [5, 5.41) is 0. The molecular weight excluding hydrogens is 392 g/mol. The van der Waals surface area contributed by atoms with Gasteiger partial charge in [0.25, 0.3) is 0 Å². The number of unbranched alkanes of at least 4 members (excludes halogenated alkanes) is 6. The average Bonchev–Trinajstić information content (AvgIpc) is 2.84. The highest BCUT2D eigenvalue weighted by molar-refractivity contribution is 5.82. The molecule has 0 spiro atoms. The molecule has 2 aromatic carbocycles. The van der Waals surface area contributed by atoms with Crippen molar-refractivity contribution in [2.75, 3.05) is 0 Å². The van der Waals surface area contributed by atoms with E-state index in [0.717, 1.165) is 60.5 Å². The first kappa shape index (κ1) is 27.3.